The SMILES string of the molecule is COc1c(C#N)ccc2c1C(O)(C1CCN(C)CC1)C(C)(C)C2. The molecule has 1 N–H and O–H groups in total. The molecule has 0 amide bonds. The lowest BCUT2D eigenvalue weighted by Crippen LogP contribution is -2.49. The summed E-state index contributed by atoms with van der Waals surface area (Å²) in [6.07, 6.45) is 2.75. The van der Waals surface area contributed by atoms with Crippen molar-refractivity contribution in [2.45, 2.75) is 38.7 Å². The van der Waals surface area contributed by atoms with Crippen LogP contribution >= 0.6 is 0 Å². The number of benzene rings is 1. The van der Waals surface area contributed by atoms with E-state index in [4.69, 9.17) is 4.74 Å². The molecule has 1 saturated heterocycles. The molecule has 1 unspecified atom stereocenters. The molecular weight excluding hydrogens is 288 g/mol. The Kier molecular flexibility index (Phi) is 3.90. The fourth-order valence-electron chi connectivity index (χ4n) is 4.62. The van der Waals surface area contributed by atoms with Gasteiger partial charge in [0.15, 0.2) is 0 Å². The molecule has 2 aliphatic rings. The van der Waals surface area contributed by atoms with Crippen LogP contribution in [0.1, 0.15) is 43.4 Å². The smallest absolute Gasteiger partial charge is 0.143 e. The highest BCUT2D eigenvalue weighted by molar-refractivity contribution is 5.58. The number of fused-ring (bicyclic) bond motifs is 1. The van der Waals surface area contributed by atoms with E-state index in [1.165, 1.54) is 0 Å². The van der Waals surface area contributed by atoms with Crippen LogP contribution in [0.2, 0.25) is 0 Å². The molecule has 0 aromatic heterocycles. The number of aliphatic hydroxyl groups is 1. The molecule has 3 rings (SSSR count). The molecule has 0 spiro atoms. The zero-order valence-corrected chi connectivity index (χ0v) is 14.5. The lowest BCUT2D eigenvalue weighted by Gasteiger charge is -2.46. The van der Waals surface area contributed by atoms with Gasteiger partial charge in [0, 0.05) is 11.0 Å². The molecule has 4 nitrogen and oxygen atoms in total. The number of hydrogen-bond donors (Lipinski definition) is 1. The van der Waals surface area contributed by atoms with E-state index in [-0.39, 0.29) is 11.3 Å². The minimum atomic E-state index is -0.943. The Morgan fingerprint density at radius 2 is 1.96 bits per heavy atom. The van der Waals surface area contributed by atoms with E-state index in [1.807, 2.05) is 12.1 Å². The molecule has 0 bridgehead atoms. The average Bonchev–Trinajstić information content (AvgIpc) is 2.74. The first-order chi connectivity index (χ1) is 10.8. The first-order valence-corrected chi connectivity index (χ1v) is 8.36. The summed E-state index contributed by atoms with van der Waals surface area (Å²) >= 11 is 0. The maximum Gasteiger partial charge on any atom is 0.143 e. The van der Waals surface area contributed by atoms with Crippen molar-refractivity contribution in [2.24, 2.45) is 11.3 Å². The largest absolute Gasteiger partial charge is 0.495 e. The van der Waals surface area contributed by atoms with E-state index >= 15 is 0 Å². The Hall–Kier alpha value is -1.57. The number of hydrogen-bond acceptors (Lipinski definition) is 4. The normalized spacial score (nSPS) is 27.5. The number of piperidine rings is 1. The lowest BCUT2D eigenvalue weighted by molar-refractivity contribution is -0.122. The predicted molar refractivity (Wildman–Crippen MR) is 89.3 cm³/mol. The van der Waals surface area contributed by atoms with E-state index in [9.17, 15) is 10.4 Å². The summed E-state index contributed by atoms with van der Waals surface area (Å²) in [4.78, 5) is 2.31. The van der Waals surface area contributed by atoms with Crippen LogP contribution < -0.4 is 4.74 Å². The number of nitriles is 1. The molecule has 0 radical (unpaired) electrons. The molecule has 0 saturated carbocycles. The summed E-state index contributed by atoms with van der Waals surface area (Å²) in [7, 11) is 3.72. The zero-order chi connectivity index (χ0) is 16.8. The summed E-state index contributed by atoms with van der Waals surface area (Å²) in [5.41, 5.74) is 1.28. The van der Waals surface area contributed by atoms with Gasteiger partial charge in [0.1, 0.15) is 17.4 Å². The van der Waals surface area contributed by atoms with Gasteiger partial charge in [-0.15, -0.1) is 0 Å². The van der Waals surface area contributed by atoms with E-state index in [0.29, 0.717) is 11.3 Å². The van der Waals surface area contributed by atoms with E-state index < -0.39 is 5.60 Å². The third-order valence-corrected chi connectivity index (χ3v) is 5.92. The lowest BCUT2D eigenvalue weighted by atomic mass is 9.65. The van der Waals surface area contributed by atoms with Crippen molar-refractivity contribution < 1.29 is 9.84 Å². The molecule has 1 heterocycles. The highest BCUT2D eigenvalue weighted by Crippen LogP contribution is 2.59. The Labute approximate surface area is 138 Å². The molecular formula is C19H26N2O2. The van der Waals surface area contributed by atoms with Crippen molar-refractivity contribution >= 4 is 0 Å². The fourth-order valence-corrected chi connectivity index (χ4v) is 4.62. The third kappa shape index (κ3) is 2.26. The molecule has 1 fully saturated rings. The van der Waals surface area contributed by atoms with Gasteiger partial charge in [0.05, 0.1) is 12.7 Å². The van der Waals surface area contributed by atoms with E-state index in [1.54, 1.807) is 7.11 Å². The van der Waals surface area contributed by atoms with Gasteiger partial charge in [-0.05, 0) is 56.9 Å². The Morgan fingerprint density at radius 1 is 1.30 bits per heavy atom. The van der Waals surface area contributed by atoms with Crippen molar-refractivity contribution in [3.05, 3.63) is 28.8 Å². The van der Waals surface area contributed by atoms with E-state index in [2.05, 4.69) is 31.9 Å². The number of rotatable bonds is 2. The molecule has 1 aliphatic carbocycles. The number of likely N-dealkylation sites (tertiary alicyclic amines) is 1. The van der Waals surface area contributed by atoms with Crippen LogP contribution in [-0.2, 0) is 12.0 Å². The van der Waals surface area contributed by atoms with Crippen LogP contribution in [0.3, 0.4) is 0 Å². The van der Waals surface area contributed by atoms with Crippen LogP contribution in [0.5, 0.6) is 5.75 Å². The van der Waals surface area contributed by atoms with Gasteiger partial charge in [-0.2, -0.15) is 5.26 Å². The molecule has 1 atom stereocenters. The minimum absolute atomic E-state index is 0.192. The number of nitrogens with zero attached hydrogens (tertiary/aromatic N) is 2. The van der Waals surface area contributed by atoms with Crippen molar-refractivity contribution in [1.82, 2.24) is 4.90 Å². The van der Waals surface area contributed by atoms with Crippen molar-refractivity contribution in [3.8, 4) is 11.8 Å². The summed E-state index contributed by atoms with van der Waals surface area (Å²) in [5.74, 6) is 0.759. The average molecular weight is 314 g/mol. The van der Waals surface area contributed by atoms with Crippen LogP contribution in [0, 0.1) is 22.7 Å². The van der Waals surface area contributed by atoms with E-state index in [0.717, 1.165) is 43.5 Å². The summed E-state index contributed by atoms with van der Waals surface area (Å²) in [5, 5.41) is 21.3. The molecule has 124 valence electrons. The van der Waals surface area contributed by atoms with Crippen molar-refractivity contribution in [1.29, 1.82) is 5.26 Å². The number of ether oxygens (including phenoxy) is 1. The van der Waals surface area contributed by atoms with Gasteiger partial charge in [-0.3, -0.25) is 0 Å². The second-order valence-electron chi connectivity index (χ2n) is 7.70. The first-order valence-electron chi connectivity index (χ1n) is 8.36. The third-order valence-electron chi connectivity index (χ3n) is 5.92. The first kappa shape index (κ1) is 16.3. The van der Waals surface area contributed by atoms with Gasteiger partial charge in [-0.1, -0.05) is 19.9 Å². The Bertz CT molecular complexity index is 654. The van der Waals surface area contributed by atoms with Gasteiger partial charge in [-0.25, -0.2) is 0 Å². The summed E-state index contributed by atoms with van der Waals surface area (Å²) in [6.45, 7) is 6.27. The van der Waals surface area contributed by atoms with Crippen molar-refractivity contribution in [3.63, 3.8) is 0 Å². The molecule has 4 heteroatoms. The van der Waals surface area contributed by atoms with Crippen LogP contribution in [0.4, 0.5) is 0 Å². The molecule has 1 aliphatic heterocycles. The standard InChI is InChI=1S/C19H26N2O2/c1-18(2)11-13-5-6-14(12-20)17(23-4)16(13)19(18,22)15-7-9-21(3)10-8-15/h5-6,15,22H,7-11H2,1-4H3. The quantitative estimate of drug-likeness (QED) is 0.912. The highest BCUT2D eigenvalue weighted by Gasteiger charge is 2.57. The summed E-state index contributed by atoms with van der Waals surface area (Å²) in [6, 6.07) is 6.01. The molecule has 23 heavy (non-hydrogen) atoms. The van der Waals surface area contributed by atoms with Crippen molar-refractivity contribution in [2.75, 3.05) is 27.2 Å². The van der Waals surface area contributed by atoms with Gasteiger partial charge >= 0.3 is 0 Å². The molecule has 1 aromatic carbocycles. The number of methoxy groups -OCH3 is 1. The van der Waals surface area contributed by atoms with Gasteiger partial charge in [0.25, 0.3) is 0 Å². The van der Waals surface area contributed by atoms with Gasteiger partial charge in [0.2, 0.25) is 0 Å². The Balaban J connectivity index is 2.16. The molecule has 1 aromatic rings. The minimum Gasteiger partial charge on any atom is -0.495 e. The van der Waals surface area contributed by atoms with Crippen LogP contribution in [-0.4, -0.2) is 37.3 Å². The maximum atomic E-state index is 11.9. The second-order valence-corrected chi connectivity index (χ2v) is 7.70. The topological polar surface area (TPSA) is 56.5 Å². The predicted octanol–water partition coefficient (Wildman–Crippen LogP) is 2.68. The highest BCUT2D eigenvalue weighted by atomic mass is 16.5. The second kappa shape index (κ2) is 5.51. The maximum absolute atomic E-state index is 11.9. The fraction of sp³-hybridized carbons (Fsp3) is 0.632. The zero-order valence-electron chi connectivity index (χ0n) is 14.5. The Morgan fingerprint density at radius 3 is 2.52 bits per heavy atom. The monoisotopic (exact) mass is 314 g/mol. The van der Waals surface area contributed by atoms with Gasteiger partial charge < -0.3 is 14.7 Å². The summed E-state index contributed by atoms with van der Waals surface area (Å²) < 4.78 is 5.59. The van der Waals surface area contributed by atoms with Crippen LogP contribution in [0.25, 0.3) is 0 Å². The van der Waals surface area contributed by atoms with Crippen LogP contribution in [0.15, 0.2) is 12.1 Å².